The van der Waals surface area contributed by atoms with Crippen LogP contribution in [0.1, 0.15) is 5.56 Å². The lowest BCUT2D eigenvalue weighted by molar-refractivity contribution is -0.120. The fraction of sp³-hybridized carbons (Fsp3) is 0.500. The van der Waals surface area contributed by atoms with Gasteiger partial charge in [-0.3, -0.25) is 0 Å². The summed E-state index contributed by atoms with van der Waals surface area (Å²) < 4.78 is 0. The predicted molar refractivity (Wildman–Crippen MR) is 76.4 cm³/mol. The van der Waals surface area contributed by atoms with Crippen LogP contribution in [0.4, 0.5) is 0 Å². The molecule has 0 aromatic heterocycles. The van der Waals surface area contributed by atoms with Crippen molar-refractivity contribution in [1.29, 1.82) is 0 Å². The lowest BCUT2D eigenvalue weighted by Crippen LogP contribution is -2.52. The second kappa shape index (κ2) is 8.66. The van der Waals surface area contributed by atoms with Crippen LogP contribution in [0.2, 0.25) is 0 Å². The molecule has 4 atom stereocenters. The zero-order valence-electron chi connectivity index (χ0n) is 11.8. The second-order valence-corrected chi connectivity index (χ2v) is 4.91. The summed E-state index contributed by atoms with van der Waals surface area (Å²) in [5, 5.41) is 58.9. The summed E-state index contributed by atoms with van der Waals surface area (Å²) in [4.78, 5) is 11.0. The van der Waals surface area contributed by atoms with E-state index in [0.717, 1.165) is 0 Å². The van der Waals surface area contributed by atoms with Crippen LogP contribution in [0.15, 0.2) is 18.2 Å². The quantitative estimate of drug-likeness (QED) is 0.202. The van der Waals surface area contributed by atoms with Gasteiger partial charge in [0.25, 0.3) is 0 Å². The highest BCUT2D eigenvalue weighted by Gasteiger charge is 2.30. The summed E-state index contributed by atoms with van der Waals surface area (Å²) in [6.07, 6.45) is -4.20. The molecule has 0 amide bonds. The third-order valence-electron chi connectivity index (χ3n) is 3.28. The molecular weight excluding hydrogens is 294 g/mol. The van der Waals surface area contributed by atoms with E-state index >= 15 is 0 Å². The van der Waals surface area contributed by atoms with Crippen LogP contribution < -0.4 is 5.32 Å². The van der Waals surface area contributed by atoms with Crippen molar-refractivity contribution >= 4 is 6.29 Å². The molecule has 0 radical (unpaired) electrons. The zero-order valence-corrected chi connectivity index (χ0v) is 11.8. The first-order valence-electron chi connectivity index (χ1n) is 6.75. The number of aliphatic hydroxyl groups is 4. The van der Waals surface area contributed by atoms with Gasteiger partial charge in [0, 0.05) is 6.54 Å². The molecule has 0 saturated heterocycles. The van der Waals surface area contributed by atoms with Crippen molar-refractivity contribution in [2.75, 3.05) is 13.2 Å². The number of phenols is 2. The Morgan fingerprint density at radius 2 is 1.82 bits per heavy atom. The Labute approximate surface area is 127 Å². The van der Waals surface area contributed by atoms with Gasteiger partial charge in [-0.2, -0.15) is 0 Å². The number of aldehydes is 1. The maximum absolute atomic E-state index is 11.0. The first-order valence-corrected chi connectivity index (χ1v) is 6.75. The van der Waals surface area contributed by atoms with Gasteiger partial charge < -0.3 is 40.8 Å². The van der Waals surface area contributed by atoms with Crippen molar-refractivity contribution < 1.29 is 35.4 Å². The van der Waals surface area contributed by atoms with Gasteiger partial charge in [-0.05, 0) is 30.2 Å². The molecule has 0 aliphatic rings. The SMILES string of the molecule is O=C[C@@H](NCCc1cc(O)ccc1O)[C@@H](O)[C@H](O)[C@H](O)CO. The number of hydrogen-bond acceptors (Lipinski definition) is 8. The van der Waals surface area contributed by atoms with E-state index < -0.39 is 31.0 Å². The van der Waals surface area contributed by atoms with Crippen LogP contribution in [0.3, 0.4) is 0 Å². The summed E-state index contributed by atoms with van der Waals surface area (Å²) in [6, 6.07) is 2.87. The van der Waals surface area contributed by atoms with Crippen molar-refractivity contribution in [3.8, 4) is 11.5 Å². The molecule has 0 aliphatic carbocycles. The molecule has 8 nitrogen and oxygen atoms in total. The van der Waals surface area contributed by atoms with E-state index in [4.69, 9.17) is 5.11 Å². The molecule has 0 saturated carbocycles. The Hall–Kier alpha value is -1.71. The third kappa shape index (κ3) is 4.93. The van der Waals surface area contributed by atoms with Crippen LogP contribution >= 0.6 is 0 Å². The van der Waals surface area contributed by atoms with E-state index in [1.807, 2.05) is 0 Å². The van der Waals surface area contributed by atoms with Crippen LogP contribution in [-0.2, 0) is 11.2 Å². The highest BCUT2D eigenvalue weighted by Crippen LogP contribution is 2.22. The normalized spacial score (nSPS) is 16.7. The topological polar surface area (TPSA) is 150 Å². The van der Waals surface area contributed by atoms with Gasteiger partial charge in [0.2, 0.25) is 0 Å². The van der Waals surface area contributed by atoms with Crippen molar-refractivity contribution in [2.24, 2.45) is 0 Å². The molecule has 0 unspecified atom stereocenters. The number of hydrogen-bond donors (Lipinski definition) is 7. The number of rotatable bonds is 9. The second-order valence-electron chi connectivity index (χ2n) is 4.91. The Kier molecular flexibility index (Phi) is 7.22. The average molecular weight is 315 g/mol. The lowest BCUT2D eigenvalue weighted by Gasteiger charge is -2.26. The number of aliphatic hydroxyl groups excluding tert-OH is 4. The number of benzene rings is 1. The molecule has 0 aliphatic heterocycles. The highest BCUT2D eigenvalue weighted by atomic mass is 16.4. The number of carbonyl (C=O) groups excluding carboxylic acids is 1. The van der Waals surface area contributed by atoms with Crippen LogP contribution in [-0.4, -0.2) is 74.4 Å². The maximum Gasteiger partial charge on any atom is 0.139 e. The molecule has 7 N–H and O–H groups in total. The Balaban J connectivity index is 2.57. The largest absolute Gasteiger partial charge is 0.508 e. The first kappa shape index (κ1) is 18.3. The molecule has 0 bridgehead atoms. The molecule has 0 fully saturated rings. The fourth-order valence-electron chi connectivity index (χ4n) is 1.94. The Morgan fingerprint density at radius 1 is 1.14 bits per heavy atom. The minimum Gasteiger partial charge on any atom is -0.508 e. The van der Waals surface area contributed by atoms with Crippen LogP contribution in [0, 0.1) is 0 Å². The van der Waals surface area contributed by atoms with Crippen molar-refractivity contribution in [3.63, 3.8) is 0 Å². The molecule has 8 heteroatoms. The van der Waals surface area contributed by atoms with Gasteiger partial charge in [0.1, 0.15) is 36.1 Å². The summed E-state index contributed by atoms with van der Waals surface area (Å²) in [5.41, 5.74) is 0.447. The summed E-state index contributed by atoms with van der Waals surface area (Å²) in [7, 11) is 0. The highest BCUT2D eigenvalue weighted by molar-refractivity contribution is 5.58. The van der Waals surface area contributed by atoms with Crippen LogP contribution in [0.25, 0.3) is 0 Å². The maximum atomic E-state index is 11.0. The smallest absolute Gasteiger partial charge is 0.139 e. The van der Waals surface area contributed by atoms with Gasteiger partial charge in [-0.25, -0.2) is 0 Å². The monoisotopic (exact) mass is 315 g/mol. The average Bonchev–Trinajstić information content (AvgIpc) is 2.52. The third-order valence-corrected chi connectivity index (χ3v) is 3.28. The van der Waals surface area contributed by atoms with E-state index in [0.29, 0.717) is 11.8 Å². The van der Waals surface area contributed by atoms with Gasteiger partial charge in [0.15, 0.2) is 0 Å². The van der Waals surface area contributed by atoms with E-state index in [1.165, 1.54) is 18.2 Å². The minimum absolute atomic E-state index is 0.0127. The van der Waals surface area contributed by atoms with Crippen molar-refractivity contribution in [2.45, 2.75) is 30.8 Å². The molecule has 1 rings (SSSR count). The van der Waals surface area contributed by atoms with Gasteiger partial charge in [-0.1, -0.05) is 0 Å². The number of carbonyl (C=O) groups is 1. The van der Waals surface area contributed by atoms with Gasteiger partial charge in [-0.15, -0.1) is 0 Å². The molecule has 124 valence electrons. The van der Waals surface area contributed by atoms with E-state index in [-0.39, 0.29) is 24.5 Å². The number of aromatic hydroxyl groups is 2. The Bertz CT molecular complexity index is 482. The van der Waals surface area contributed by atoms with E-state index in [1.54, 1.807) is 0 Å². The van der Waals surface area contributed by atoms with E-state index in [9.17, 15) is 30.3 Å². The molecule has 0 heterocycles. The van der Waals surface area contributed by atoms with Gasteiger partial charge >= 0.3 is 0 Å². The summed E-state index contributed by atoms with van der Waals surface area (Å²) in [6.45, 7) is -0.583. The summed E-state index contributed by atoms with van der Waals surface area (Å²) >= 11 is 0. The minimum atomic E-state index is -1.68. The molecule has 22 heavy (non-hydrogen) atoms. The molecule has 0 spiro atoms. The van der Waals surface area contributed by atoms with Gasteiger partial charge in [0.05, 0.1) is 12.6 Å². The lowest BCUT2D eigenvalue weighted by atomic mass is 10.0. The van der Waals surface area contributed by atoms with Crippen LogP contribution in [0.5, 0.6) is 11.5 Å². The zero-order chi connectivity index (χ0) is 16.7. The first-order chi connectivity index (χ1) is 10.4. The van der Waals surface area contributed by atoms with E-state index in [2.05, 4.69) is 5.32 Å². The Morgan fingerprint density at radius 3 is 2.41 bits per heavy atom. The van der Waals surface area contributed by atoms with Crippen molar-refractivity contribution in [3.05, 3.63) is 23.8 Å². The summed E-state index contributed by atoms with van der Waals surface area (Å²) in [5.74, 6) is -0.0280. The fourth-order valence-corrected chi connectivity index (χ4v) is 1.94. The van der Waals surface area contributed by atoms with Crippen molar-refractivity contribution in [1.82, 2.24) is 5.32 Å². The standard InChI is InChI=1S/C14H21NO7/c16-6-10(13(21)14(22)12(20)7-17)15-4-3-8-5-9(18)1-2-11(8)19/h1-2,5-6,10,12-15,17-22H,3-4,7H2/t10-,12-,13-,14-/m1/s1. The predicted octanol–water partition coefficient (Wildman–Crippen LogP) is -2.13. The molecule has 1 aromatic rings. The molecule has 1 aromatic carbocycles. The number of nitrogens with one attached hydrogen (secondary N) is 1. The number of phenolic OH excluding ortho intramolecular Hbond substituents is 2. The molecular formula is C14H21NO7.